The van der Waals surface area contributed by atoms with Crippen molar-refractivity contribution in [3.05, 3.63) is 22.4 Å². The van der Waals surface area contributed by atoms with E-state index in [-0.39, 0.29) is 11.9 Å². The molecule has 0 saturated heterocycles. The second kappa shape index (κ2) is 9.22. The Hall–Kier alpha value is -1.56. The van der Waals surface area contributed by atoms with Crippen LogP contribution in [0.25, 0.3) is 0 Å². The molecule has 2 fully saturated rings. The summed E-state index contributed by atoms with van der Waals surface area (Å²) in [5.74, 6) is 1.99. The Labute approximate surface area is 154 Å². The van der Waals surface area contributed by atoms with Crippen molar-refractivity contribution in [2.75, 3.05) is 19.6 Å². The summed E-state index contributed by atoms with van der Waals surface area (Å²) >= 11 is 1.63. The fourth-order valence-corrected chi connectivity index (χ4v) is 4.09. The van der Waals surface area contributed by atoms with Gasteiger partial charge >= 0.3 is 6.03 Å². The number of hydrogen-bond donors (Lipinski definition) is 3. The molecule has 2 aliphatic rings. The van der Waals surface area contributed by atoms with Crippen LogP contribution in [0.5, 0.6) is 0 Å². The molecule has 0 aliphatic heterocycles. The van der Waals surface area contributed by atoms with Crippen LogP contribution in [0, 0.1) is 17.8 Å². The van der Waals surface area contributed by atoms with E-state index in [4.69, 9.17) is 0 Å². The van der Waals surface area contributed by atoms with E-state index in [1.165, 1.54) is 12.8 Å². The molecule has 25 heavy (non-hydrogen) atoms. The van der Waals surface area contributed by atoms with E-state index in [1.54, 1.807) is 11.3 Å². The zero-order valence-electron chi connectivity index (χ0n) is 14.8. The van der Waals surface area contributed by atoms with E-state index < -0.39 is 0 Å². The molecule has 1 aromatic heterocycles. The fourth-order valence-electron chi connectivity index (χ4n) is 3.39. The van der Waals surface area contributed by atoms with Crippen molar-refractivity contribution in [1.29, 1.82) is 0 Å². The highest BCUT2D eigenvalue weighted by molar-refractivity contribution is 7.10. The molecule has 2 saturated carbocycles. The van der Waals surface area contributed by atoms with E-state index in [0.717, 1.165) is 56.1 Å². The van der Waals surface area contributed by atoms with Gasteiger partial charge in [-0.2, -0.15) is 0 Å². The first-order chi connectivity index (χ1) is 12.2. The first-order valence-corrected chi connectivity index (χ1v) is 10.4. The van der Waals surface area contributed by atoms with Gasteiger partial charge < -0.3 is 16.0 Å². The van der Waals surface area contributed by atoms with Crippen LogP contribution in [-0.4, -0.2) is 31.6 Å². The highest BCUT2D eigenvalue weighted by Crippen LogP contribution is 2.28. The van der Waals surface area contributed by atoms with E-state index in [0.29, 0.717) is 18.3 Å². The van der Waals surface area contributed by atoms with Crippen molar-refractivity contribution < 1.29 is 9.59 Å². The Kier molecular flexibility index (Phi) is 6.73. The van der Waals surface area contributed by atoms with Crippen molar-refractivity contribution >= 4 is 23.3 Å². The molecule has 0 aromatic carbocycles. The smallest absolute Gasteiger partial charge is 0.314 e. The highest BCUT2D eigenvalue weighted by atomic mass is 32.1. The molecule has 2 aliphatic carbocycles. The van der Waals surface area contributed by atoms with Gasteiger partial charge in [0.15, 0.2) is 0 Å². The predicted octanol–water partition coefficient (Wildman–Crippen LogP) is 2.92. The van der Waals surface area contributed by atoms with Crippen molar-refractivity contribution in [3.8, 4) is 0 Å². The van der Waals surface area contributed by atoms with Gasteiger partial charge in [-0.05, 0) is 67.7 Å². The summed E-state index contributed by atoms with van der Waals surface area (Å²) in [5, 5.41) is 11.0. The van der Waals surface area contributed by atoms with Crippen LogP contribution in [0.2, 0.25) is 0 Å². The maximum absolute atomic E-state index is 11.9. The normalized spacial score (nSPS) is 23.0. The molecule has 138 valence electrons. The number of amides is 3. The highest BCUT2D eigenvalue weighted by Gasteiger charge is 2.23. The minimum atomic E-state index is -0.0186. The van der Waals surface area contributed by atoms with E-state index >= 15 is 0 Å². The van der Waals surface area contributed by atoms with Crippen molar-refractivity contribution in [2.24, 2.45) is 17.8 Å². The molecule has 6 heteroatoms. The lowest BCUT2D eigenvalue weighted by Crippen LogP contribution is -2.40. The monoisotopic (exact) mass is 363 g/mol. The molecule has 3 rings (SSSR count). The number of urea groups is 1. The van der Waals surface area contributed by atoms with Crippen molar-refractivity contribution in [1.82, 2.24) is 16.0 Å². The van der Waals surface area contributed by atoms with Gasteiger partial charge in [0.1, 0.15) is 0 Å². The van der Waals surface area contributed by atoms with Crippen LogP contribution in [0.1, 0.15) is 43.4 Å². The second-order valence-corrected chi connectivity index (χ2v) is 8.51. The molecule has 0 atom stereocenters. The van der Waals surface area contributed by atoms with Crippen molar-refractivity contribution in [3.63, 3.8) is 0 Å². The lowest BCUT2D eigenvalue weighted by atomic mass is 9.82. The van der Waals surface area contributed by atoms with Gasteiger partial charge in [-0.25, -0.2) is 4.79 Å². The minimum absolute atomic E-state index is 0.0186. The van der Waals surface area contributed by atoms with Crippen LogP contribution in [0.15, 0.2) is 17.5 Å². The first kappa shape index (κ1) is 18.2. The Bertz CT molecular complexity index is 549. The maximum Gasteiger partial charge on any atom is 0.314 e. The molecule has 0 unspecified atom stereocenters. The SMILES string of the molecule is O=C(Cc1cccs1)NCC1CCC(CNC(=O)NCC2CC2)CC1. The number of thiophene rings is 1. The number of carbonyl (C=O) groups excluding carboxylic acids is 2. The average molecular weight is 364 g/mol. The fraction of sp³-hybridized carbons (Fsp3) is 0.684. The maximum atomic E-state index is 11.9. The summed E-state index contributed by atoms with van der Waals surface area (Å²) in [6.07, 6.45) is 7.54. The quantitative estimate of drug-likeness (QED) is 0.665. The summed E-state index contributed by atoms with van der Waals surface area (Å²) < 4.78 is 0. The van der Waals surface area contributed by atoms with Crippen LogP contribution >= 0.6 is 11.3 Å². The van der Waals surface area contributed by atoms with Gasteiger partial charge in [-0.15, -0.1) is 11.3 Å². The summed E-state index contributed by atoms with van der Waals surface area (Å²) in [6, 6.07) is 3.97. The lowest BCUT2D eigenvalue weighted by Gasteiger charge is -2.28. The Balaban J connectivity index is 1.24. The molecular formula is C19H29N3O2S. The molecule has 3 amide bonds. The largest absolute Gasteiger partial charge is 0.356 e. The van der Waals surface area contributed by atoms with Gasteiger partial charge in [-0.1, -0.05) is 6.07 Å². The standard InChI is InChI=1S/C19H29N3O2S/c23-18(10-17-2-1-9-25-17)20-11-14-3-5-15(6-4-14)12-21-19(24)22-13-16-7-8-16/h1-2,9,14-16H,3-8,10-13H2,(H,20,23)(H2,21,22,24). The third kappa shape index (κ3) is 6.69. The number of hydrogen-bond acceptors (Lipinski definition) is 3. The molecule has 0 spiro atoms. The van der Waals surface area contributed by atoms with Gasteiger partial charge in [-0.3, -0.25) is 4.79 Å². The zero-order chi connectivity index (χ0) is 17.5. The second-order valence-electron chi connectivity index (χ2n) is 7.48. The van der Waals surface area contributed by atoms with E-state index in [2.05, 4.69) is 16.0 Å². The van der Waals surface area contributed by atoms with Crippen LogP contribution in [0.3, 0.4) is 0 Å². The molecule has 0 radical (unpaired) electrons. The summed E-state index contributed by atoms with van der Waals surface area (Å²) in [6.45, 7) is 2.38. The Morgan fingerprint density at radius 3 is 1.88 bits per heavy atom. The predicted molar refractivity (Wildman–Crippen MR) is 101 cm³/mol. The Morgan fingerprint density at radius 2 is 1.40 bits per heavy atom. The summed E-state index contributed by atoms with van der Waals surface area (Å²) in [5.41, 5.74) is 0. The van der Waals surface area contributed by atoms with Gasteiger partial charge in [0.2, 0.25) is 5.91 Å². The third-order valence-electron chi connectivity index (χ3n) is 5.27. The van der Waals surface area contributed by atoms with Crippen LogP contribution in [0.4, 0.5) is 4.79 Å². The molecule has 3 N–H and O–H groups in total. The topological polar surface area (TPSA) is 70.2 Å². The first-order valence-electron chi connectivity index (χ1n) is 9.50. The number of rotatable bonds is 8. The van der Waals surface area contributed by atoms with E-state index in [9.17, 15) is 9.59 Å². The lowest BCUT2D eigenvalue weighted by molar-refractivity contribution is -0.120. The molecule has 0 bridgehead atoms. The molecule has 1 heterocycles. The van der Waals surface area contributed by atoms with Crippen molar-refractivity contribution in [2.45, 2.75) is 44.9 Å². The van der Waals surface area contributed by atoms with Gasteiger partial charge in [0.05, 0.1) is 6.42 Å². The van der Waals surface area contributed by atoms with Gasteiger partial charge in [0, 0.05) is 24.5 Å². The molecule has 5 nitrogen and oxygen atoms in total. The number of carbonyl (C=O) groups is 2. The average Bonchev–Trinajstić information content (AvgIpc) is 3.32. The summed E-state index contributed by atoms with van der Waals surface area (Å²) in [7, 11) is 0. The molecular weight excluding hydrogens is 334 g/mol. The van der Waals surface area contributed by atoms with Crippen LogP contribution in [-0.2, 0) is 11.2 Å². The zero-order valence-corrected chi connectivity index (χ0v) is 15.6. The van der Waals surface area contributed by atoms with Crippen LogP contribution < -0.4 is 16.0 Å². The third-order valence-corrected chi connectivity index (χ3v) is 6.15. The molecule has 1 aromatic rings. The Morgan fingerprint density at radius 1 is 0.880 bits per heavy atom. The van der Waals surface area contributed by atoms with E-state index in [1.807, 2.05) is 17.5 Å². The summed E-state index contributed by atoms with van der Waals surface area (Å²) in [4.78, 5) is 24.8. The van der Waals surface area contributed by atoms with Gasteiger partial charge in [0.25, 0.3) is 0 Å². The number of nitrogens with one attached hydrogen (secondary N) is 3. The minimum Gasteiger partial charge on any atom is -0.356 e.